The van der Waals surface area contributed by atoms with Gasteiger partial charge in [-0.1, -0.05) is 0 Å². The molecule has 0 saturated carbocycles. The molecule has 0 saturated heterocycles. The Hall–Kier alpha value is -2.10. The molecule has 0 aliphatic carbocycles. The molecular weight excluding hydrogens is 220 g/mol. The van der Waals surface area contributed by atoms with Crippen molar-refractivity contribution in [3.05, 3.63) is 39.7 Å². The molecule has 0 unspecified atom stereocenters. The Labute approximate surface area is 97.8 Å². The third kappa shape index (κ3) is 2.06. The van der Waals surface area contributed by atoms with Gasteiger partial charge in [-0.2, -0.15) is 0 Å². The number of esters is 1. The molecule has 1 aromatic heterocycles. The molecule has 0 radical (unpaired) electrons. The second-order valence-corrected chi connectivity index (χ2v) is 3.91. The van der Waals surface area contributed by atoms with E-state index >= 15 is 0 Å². The van der Waals surface area contributed by atoms with Crippen LogP contribution in [0.4, 0.5) is 0 Å². The molecule has 0 aliphatic rings. The first-order chi connectivity index (χ1) is 7.99. The summed E-state index contributed by atoms with van der Waals surface area (Å²) in [5.41, 5.74) is 1.55. The zero-order chi connectivity index (χ0) is 12.6. The Kier molecular flexibility index (Phi) is 2.71. The van der Waals surface area contributed by atoms with Crippen molar-refractivity contribution >= 4 is 16.9 Å². The van der Waals surface area contributed by atoms with Gasteiger partial charge in [-0.25, -0.2) is 4.79 Å². The van der Waals surface area contributed by atoms with Gasteiger partial charge < -0.3 is 9.15 Å². The lowest BCUT2D eigenvalue weighted by molar-refractivity contribution is -0.131. The van der Waals surface area contributed by atoms with Crippen molar-refractivity contribution in [1.29, 1.82) is 0 Å². The fourth-order valence-corrected chi connectivity index (χ4v) is 1.77. The summed E-state index contributed by atoms with van der Waals surface area (Å²) < 4.78 is 10.2. The number of carbonyl (C=O) groups is 1. The van der Waals surface area contributed by atoms with Crippen LogP contribution in [0.15, 0.2) is 27.4 Å². The van der Waals surface area contributed by atoms with Crippen molar-refractivity contribution in [2.75, 3.05) is 0 Å². The summed E-state index contributed by atoms with van der Waals surface area (Å²) in [7, 11) is 0. The Bertz CT molecular complexity index is 652. The van der Waals surface area contributed by atoms with Crippen molar-refractivity contribution < 1.29 is 13.9 Å². The Morgan fingerprint density at radius 3 is 2.65 bits per heavy atom. The van der Waals surface area contributed by atoms with Crippen LogP contribution in [0.1, 0.15) is 18.1 Å². The first-order valence-electron chi connectivity index (χ1n) is 5.21. The molecule has 1 heterocycles. The number of rotatable bonds is 1. The van der Waals surface area contributed by atoms with E-state index < -0.39 is 11.6 Å². The van der Waals surface area contributed by atoms with E-state index in [0.717, 1.165) is 10.9 Å². The lowest BCUT2D eigenvalue weighted by Gasteiger charge is -2.08. The monoisotopic (exact) mass is 232 g/mol. The molecule has 0 bridgehead atoms. The summed E-state index contributed by atoms with van der Waals surface area (Å²) in [6.07, 6.45) is 0. The van der Waals surface area contributed by atoms with Crippen LogP contribution in [0.2, 0.25) is 0 Å². The van der Waals surface area contributed by atoms with Gasteiger partial charge in [0.15, 0.2) is 0 Å². The number of fused-ring (bicyclic) bond motifs is 1. The minimum absolute atomic E-state index is 0.401. The highest BCUT2D eigenvalue weighted by molar-refractivity contribution is 5.85. The zero-order valence-corrected chi connectivity index (χ0v) is 9.87. The van der Waals surface area contributed by atoms with Gasteiger partial charge in [0.1, 0.15) is 11.3 Å². The highest BCUT2D eigenvalue weighted by Gasteiger charge is 2.10. The molecule has 0 atom stereocenters. The van der Waals surface area contributed by atoms with Crippen molar-refractivity contribution in [2.24, 2.45) is 0 Å². The molecular formula is C13H12O4. The van der Waals surface area contributed by atoms with E-state index in [2.05, 4.69) is 0 Å². The number of hydrogen-bond acceptors (Lipinski definition) is 4. The summed E-state index contributed by atoms with van der Waals surface area (Å²) >= 11 is 0. The number of carbonyl (C=O) groups excluding carboxylic acids is 1. The summed E-state index contributed by atoms with van der Waals surface area (Å²) in [4.78, 5) is 22.2. The SMILES string of the molecule is CC(=O)Oc1ccc2c(C)cc(=O)oc2c1C. The van der Waals surface area contributed by atoms with Gasteiger partial charge in [0.2, 0.25) is 0 Å². The van der Waals surface area contributed by atoms with Crippen LogP contribution in [0, 0.1) is 13.8 Å². The van der Waals surface area contributed by atoms with Gasteiger partial charge in [-0.05, 0) is 31.5 Å². The van der Waals surface area contributed by atoms with Gasteiger partial charge in [0, 0.05) is 23.9 Å². The van der Waals surface area contributed by atoms with Crippen LogP contribution in [0.3, 0.4) is 0 Å². The van der Waals surface area contributed by atoms with Crippen molar-refractivity contribution in [2.45, 2.75) is 20.8 Å². The van der Waals surface area contributed by atoms with E-state index in [4.69, 9.17) is 9.15 Å². The molecule has 88 valence electrons. The first kappa shape index (κ1) is 11.4. The number of ether oxygens (including phenoxy) is 1. The molecule has 0 amide bonds. The van der Waals surface area contributed by atoms with E-state index in [9.17, 15) is 9.59 Å². The lowest BCUT2D eigenvalue weighted by Crippen LogP contribution is -2.04. The van der Waals surface area contributed by atoms with E-state index in [-0.39, 0.29) is 0 Å². The van der Waals surface area contributed by atoms with Crippen molar-refractivity contribution in [3.8, 4) is 5.75 Å². The second-order valence-electron chi connectivity index (χ2n) is 3.91. The van der Waals surface area contributed by atoms with E-state index in [1.54, 1.807) is 19.1 Å². The van der Waals surface area contributed by atoms with Crippen LogP contribution in [-0.2, 0) is 4.79 Å². The number of hydrogen-bond donors (Lipinski definition) is 0. The van der Waals surface area contributed by atoms with Gasteiger partial charge >= 0.3 is 11.6 Å². The Morgan fingerprint density at radius 2 is 2.00 bits per heavy atom. The Morgan fingerprint density at radius 1 is 1.29 bits per heavy atom. The third-order valence-corrected chi connectivity index (χ3v) is 2.57. The molecule has 0 spiro atoms. The fraction of sp³-hybridized carbons (Fsp3) is 0.231. The average molecular weight is 232 g/mol. The third-order valence-electron chi connectivity index (χ3n) is 2.57. The lowest BCUT2D eigenvalue weighted by atomic mass is 10.1. The van der Waals surface area contributed by atoms with Gasteiger partial charge in [-0.15, -0.1) is 0 Å². The van der Waals surface area contributed by atoms with E-state index in [1.165, 1.54) is 13.0 Å². The molecule has 0 aliphatic heterocycles. The molecule has 1 aromatic carbocycles. The Balaban J connectivity index is 2.75. The number of aryl methyl sites for hydroxylation is 2. The minimum atomic E-state index is -0.405. The fourth-order valence-electron chi connectivity index (χ4n) is 1.77. The molecule has 4 nitrogen and oxygen atoms in total. The van der Waals surface area contributed by atoms with Crippen LogP contribution in [-0.4, -0.2) is 5.97 Å². The molecule has 17 heavy (non-hydrogen) atoms. The maximum absolute atomic E-state index is 11.3. The molecule has 4 heteroatoms. The quantitative estimate of drug-likeness (QED) is 0.430. The first-order valence-corrected chi connectivity index (χ1v) is 5.21. The maximum atomic E-state index is 11.3. The summed E-state index contributed by atoms with van der Waals surface area (Å²) in [5.74, 6) is 0.0150. The van der Waals surface area contributed by atoms with Crippen LogP contribution in [0.5, 0.6) is 5.75 Å². The highest BCUT2D eigenvalue weighted by Crippen LogP contribution is 2.28. The van der Waals surface area contributed by atoms with E-state index in [0.29, 0.717) is 16.9 Å². The summed E-state index contributed by atoms with van der Waals surface area (Å²) in [5, 5.41) is 0.845. The van der Waals surface area contributed by atoms with Gasteiger partial charge in [-0.3, -0.25) is 4.79 Å². The summed E-state index contributed by atoms with van der Waals surface area (Å²) in [6.45, 7) is 4.92. The normalized spacial score (nSPS) is 10.5. The van der Waals surface area contributed by atoms with Crippen LogP contribution < -0.4 is 10.4 Å². The predicted octanol–water partition coefficient (Wildman–Crippen LogP) is 2.34. The minimum Gasteiger partial charge on any atom is -0.426 e. The van der Waals surface area contributed by atoms with Crippen LogP contribution in [0.25, 0.3) is 11.0 Å². The van der Waals surface area contributed by atoms with Crippen molar-refractivity contribution in [1.82, 2.24) is 0 Å². The maximum Gasteiger partial charge on any atom is 0.336 e. The molecule has 0 N–H and O–H groups in total. The predicted molar refractivity (Wildman–Crippen MR) is 63.3 cm³/mol. The van der Waals surface area contributed by atoms with Gasteiger partial charge in [0.25, 0.3) is 0 Å². The second kappa shape index (κ2) is 4.05. The number of benzene rings is 1. The largest absolute Gasteiger partial charge is 0.426 e. The average Bonchev–Trinajstić information content (AvgIpc) is 2.22. The van der Waals surface area contributed by atoms with Crippen molar-refractivity contribution in [3.63, 3.8) is 0 Å². The molecule has 2 rings (SSSR count). The highest BCUT2D eigenvalue weighted by atomic mass is 16.5. The van der Waals surface area contributed by atoms with E-state index in [1.807, 2.05) is 6.92 Å². The molecule has 2 aromatic rings. The standard InChI is InChI=1S/C13H12O4/c1-7-6-12(15)17-13-8(2)11(16-9(3)14)5-4-10(7)13/h4-6H,1-3H3. The smallest absolute Gasteiger partial charge is 0.336 e. The van der Waals surface area contributed by atoms with Crippen LogP contribution >= 0.6 is 0 Å². The zero-order valence-electron chi connectivity index (χ0n) is 9.87. The molecule has 0 fully saturated rings. The summed E-state index contributed by atoms with van der Waals surface area (Å²) in [6, 6.07) is 4.91. The topological polar surface area (TPSA) is 56.5 Å². The van der Waals surface area contributed by atoms with Gasteiger partial charge in [0.05, 0.1) is 0 Å².